The van der Waals surface area contributed by atoms with Crippen molar-refractivity contribution < 1.29 is 23.7 Å². The highest BCUT2D eigenvalue weighted by atomic mass is 16.6. The number of nitrogens with zero attached hydrogens (tertiary/aromatic N) is 3. The van der Waals surface area contributed by atoms with Crippen molar-refractivity contribution in [1.29, 1.82) is 0 Å². The summed E-state index contributed by atoms with van der Waals surface area (Å²) in [5.41, 5.74) is 8.09. The molecule has 0 heterocycles. The Bertz CT molecular complexity index is 359. The predicted octanol–water partition coefficient (Wildman–Crippen LogP) is 3.21. The van der Waals surface area contributed by atoms with Gasteiger partial charge in [0.05, 0.1) is 59.5 Å². The van der Waals surface area contributed by atoms with Gasteiger partial charge in [-0.1, -0.05) is 24.9 Å². The van der Waals surface area contributed by atoms with Gasteiger partial charge in [-0.2, -0.15) is 0 Å². The summed E-state index contributed by atoms with van der Waals surface area (Å²) in [6.45, 7) is 8.47. The summed E-state index contributed by atoms with van der Waals surface area (Å²) in [6.07, 6.45) is 5.30. The van der Waals surface area contributed by atoms with Crippen LogP contribution in [0.1, 0.15) is 32.6 Å². The van der Waals surface area contributed by atoms with E-state index < -0.39 is 0 Å². The Morgan fingerprint density at radius 1 is 0.731 bits per heavy atom. The van der Waals surface area contributed by atoms with E-state index in [1.54, 1.807) is 0 Å². The molecule has 1 aliphatic rings. The van der Waals surface area contributed by atoms with Crippen molar-refractivity contribution >= 4 is 0 Å². The molecule has 0 N–H and O–H groups in total. The molecule has 0 amide bonds. The van der Waals surface area contributed by atoms with Crippen LogP contribution in [0.5, 0.6) is 0 Å². The number of rotatable bonds is 17. The SMILES string of the molecule is C[C@H]1CC[C@H](COCCOCCOCCOCCOCCN=[N+]=[N-])CC1. The van der Waals surface area contributed by atoms with Gasteiger partial charge in [0.1, 0.15) is 0 Å². The van der Waals surface area contributed by atoms with E-state index in [2.05, 4.69) is 16.9 Å². The Morgan fingerprint density at radius 3 is 1.69 bits per heavy atom. The first-order valence-electron chi connectivity index (χ1n) is 9.72. The van der Waals surface area contributed by atoms with Gasteiger partial charge >= 0.3 is 0 Å². The second-order valence-electron chi connectivity index (χ2n) is 6.60. The highest BCUT2D eigenvalue weighted by Gasteiger charge is 2.17. The van der Waals surface area contributed by atoms with Crippen molar-refractivity contribution in [3.05, 3.63) is 10.4 Å². The fourth-order valence-electron chi connectivity index (χ4n) is 2.78. The topological polar surface area (TPSA) is 94.9 Å². The van der Waals surface area contributed by atoms with Crippen molar-refractivity contribution in [1.82, 2.24) is 0 Å². The molecule has 0 saturated heterocycles. The molecule has 0 unspecified atom stereocenters. The Morgan fingerprint density at radius 2 is 1.19 bits per heavy atom. The van der Waals surface area contributed by atoms with Gasteiger partial charge < -0.3 is 23.7 Å². The molecule has 1 rings (SSSR count). The van der Waals surface area contributed by atoms with Crippen LogP contribution in [0.4, 0.5) is 0 Å². The maximum atomic E-state index is 8.09. The number of ether oxygens (including phenoxy) is 5. The van der Waals surface area contributed by atoms with Gasteiger partial charge in [-0.3, -0.25) is 0 Å². The van der Waals surface area contributed by atoms with E-state index in [1.807, 2.05) is 0 Å². The third-order valence-corrected chi connectivity index (χ3v) is 4.38. The zero-order valence-corrected chi connectivity index (χ0v) is 16.1. The lowest BCUT2D eigenvalue weighted by molar-refractivity contribution is -0.0146. The molecule has 1 saturated carbocycles. The maximum Gasteiger partial charge on any atom is 0.0701 e. The molecule has 8 nitrogen and oxygen atoms in total. The molecule has 0 aromatic heterocycles. The summed E-state index contributed by atoms with van der Waals surface area (Å²) in [5.74, 6) is 1.63. The second kappa shape index (κ2) is 17.5. The smallest absolute Gasteiger partial charge is 0.0701 e. The normalized spacial score (nSPS) is 20.0. The molecule has 0 spiro atoms. The lowest BCUT2D eigenvalue weighted by Crippen LogP contribution is -2.19. The minimum absolute atomic E-state index is 0.352. The average Bonchev–Trinajstić information content (AvgIpc) is 2.66. The first kappa shape index (κ1) is 23.1. The van der Waals surface area contributed by atoms with E-state index >= 15 is 0 Å². The van der Waals surface area contributed by atoms with Crippen LogP contribution in [0.25, 0.3) is 10.4 Å². The summed E-state index contributed by atoms with van der Waals surface area (Å²) in [6, 6.07) is 0. The largest absolute Gasteiger partial charge is 0.379 e. The van der Waals surface area contributed by atoms with Crippen molar-refractivity contribution in [3.8, 4) is 0 Å². The van der Waals surface area contributed by atoms with Gasteiger partial charge in [0.15, 0.2) is 0 Å². The lowest BCUT2D eigenvalue weighted by Gasteiger charge is -2.25. The fraction of sp³-hybridized carbons (Fsp3) is 1.00. The number of hydrogen-bond donors (Lipinski definition) is 0. The molecular weight excluding hydrogens is 338 g/mol. The minimum Gasteiger partial charge on any atom is -0.379 e. The molecule has 0 aromatic rings. The van der Waals surface area contributed by atoms with E-state index in [1.165, 1.54) is 25.7 Å². The first-order valence-corrected chi connectivity index (χ1v) is 9.72. The zero-order chi connectivity index (χ0) is 18.7. The molecule has 0 aromatic carbocycles. The van der Waals surface area contributed by atoms with Crippen LogP contribution in [0.15, 0.2) is 5.11 Å². The molecule has 1 fully saturated rings. The number of azide groups is 1. The molecule has 8 heteroatoms. The Kier molecular flexibility index (Phi) is 15.6. The lowest BCUT2D eigenvalue weighted by atomic mass is 9.83. The van der Waals surface area contributed by atoms with Crippen LogP contribution in [0.2, 0.25) is 0 Å². The van der Waals surface area contributed by atoms with Crippen molar-refractivity contribution in [2.45, 2.75) is 32.6 Å². The third kappa shape index (κ3) is 14.3. The standard InChI is InChI=1S/C18H35N3O5/c1-17-2-4-18(5-3-17)16-26-15-14-25-13-12-24-11-10-23-9-8-22-7-6-20-21-19/h17-18H,2-16H2,1H3/t17-,18-. The Balaban J connectivity index is 1.69. The van der Waals surface area contributed by atoms with Crippen LogP contribution < -0.4 is 0 Å². The monoisotopic (exact) mass is 373 g/mol. The summed E-state index contributed by atoms with van der Waals surface area (Å²) in [5, 5.41) is 3.37. The number of hydrogen-bond acceptors (Lipinski definition) is 6. The van der Waals surface area contributed by atoms with E-state index in [0.717, 1.165) is 18.4 Å². The first-order chi connectivity index (χ1) is 12.8. The predicted molar refractivity (Wildman–Crippen MR) is 99.2 cm³/mol. The minimum atomic E-state index is 0.352. The van der Waals surface area contributed by atoms with E-state index in [9.17, 15) is 0 Å². The van der Waals surface area contributed by atoms with Crippen LogP contribution >= 0.6 is 0 Å². The summed E-state index contributed by atoms with van der Waals surface area (Å²) in [4.78, 5) is 2.64. The summed E-state index contributed by atoms with van der Waals surface area (Å²) < 4.78 is 27.2. The quantitative estimate of drug-likeness (QED) is 0.169. The van der Waals surface area contributed by atoms with Crippen molar-refractivity contribution in [3.63, 3.8) is 0 Å². The van der Waals surface area contributed by atoms with E-state index in [0.29, 0.717) is 66.0 Å². The van der Waals surface area contributed by atoms with Crippen LogP contribution in [0, 0.1) is 11.8 Å². The van der Waals surface area contributed by atoms with Crippen LogP contribution in [-0.2, 0) is 23.7 Å². The highest BCUT2D eigenvalue weighted by molar-refractivity contribution is 4.69. The zero-order valence-electron chi connectivity index (χ0n) is 16.1. The molecule has 0 atom stereocenters. The molecule has 152 valence electrons. The van der Waals surface area contributed by atoms with Gasteiger partial charge in [0, 0.05) is 18.1 Å². The fourth-order valence-corrected chi connectivity index (χ4v) is 2.78. The Labute approximate surface area is 157 Å². The van der Waals surface area contributed by atoms with Crippen LogP contribution in [0.3, 0.4) is 0 Å². The highest BCUT2D eigenvalue weighted by Crippen LogP contribution is 2.28. The summed E-state index contributed by atoms with van der Waals surface area (Å²) in [7, 11) is 0. The third-order valence-electron chi connectivity index (χ3n) is 4.38. The molecule has 1 aliphatic carbocycles. The van der Waals surface area contributed by atoms with Crippen molar-refractivity contribution in [2.24, 2.45) is 17.0 Å². The second-order valence-corrected chi connectivity index (χ2v) is 6.60. The van der Waals surface area contributed by atoms with Gasteiger partial charge in [-0.25, -0.2) is 0 Å². The molecular formula is C18H35N3O5. The van der Waals surface area contributed by atoms with Gasteiger partial charge in [-0.05, 0) is 30.2 Å². The average molecular weight is 373 g/mol. The van der Waals surface area contributed by atoms with Crippen LogP contribution in [-0.4, -0.2) is 72.6 Å². The summed E-state index contributed by atoms with van der Waals surface area (Å²) >= 11 is 0. The molecule has 0 bridgehead atoms. The maximum absolute atomic E-state index is 8.09. The van der Waals surface area contributed by atoms with Gasteiger partial charge in [-0.15, -0.1) is 0 Å². The molecule has 0 aliphatic heterocycles. The molecule has 0 radical (unpaired) electrons. The van der Waals surface area contributed by atoms with E-state index in [4.69, 9.17) is 29.2 Å². The van der Waals surface area contributed by atoms with Gasteiger partial charge in [0.2, 0.25) is 0 Å². The molecule has 26 heavy (non-hydrogen) atoms. The Hall–Kier alpha value is -0.890. The van der Waals surface area contributed by atoms with Crippen molar-refractivity contribution in [2.75, 3.05) is 72.6 Å². The van der Waals surface area contributed by atoms with Gasteiger partial charge in [0.25, 0.3) is 0 Å². The van der Waals surface area contributed by atoms with E-state index in [-0.39, 0.29) is 0 Å².